The molecular weight excluding hydrogens is 353 g/mol. The van der Waals surface area contributed by atoms with Crippen molar-refractivity contribution in [2.75, 3.05) is 5.73 Å². The third-order valence-corrected chi connectivity index (χ3v) is 3.58. The number of benzene rings is 2. The van der Waals surface area contributed by atoms with Gasteiger partial charge in [-0.1, -0.05) is 40.5 Å². The number of carbonyl (C=O) groups excluding carboxylic acids is 1. The van der Waals surface area contributed by atoms with Crippen molar-refractivity contribution in [3.63, 3.8) is 0 Å². The minimum Gasteiger partial charge on any atom is -0.452 e. The van der Waals surface area contributed by atoms with Gasteiger partial charge in [0.15, 0.2) is 6.61 Å². The Bertz CT molecular complexity index is 896. The van der Waals surface area contributed by atoms with Crippen molar-refractivity contribution in [3.05, 3.63) is 64.0 Å². The smallest absolute Gasteiger partial charge is 0.340 e. The van der Waals surface area contributed by atoms with E-state index in [2.05, 4.69) is 10.1 Å². The number of ether oxygens (including phenoxy) is 1. The van der Waals surface area contributed by atoms with Crippen LogP contribution in [0.2, 0.25) is 10.0 Å². The Kier molecular flexibility index (Phi) is 4.69. The molecule has 0 aliphatic rings. The van der Waals surface area contributed by atoms with Crippen molar-refractivity contribution in [1.82, 2.24) is 10.1 Å². The van der Waals surface area contributed by atoms with Crippen molar-refractivity contribution in [2.45, 2.75) is 6.61 Å². The van der Waals surface area contributed by atoms with Crippen LogP contribution in [0.5, 0.6) is 0 Å². The molecule has 3 aromatic rings. The number of rotatable bonds is 4. The number of carbonyl (C=O) groups is 1. The Labute approximate surface area is 147 Å². The number of hydrogen-bond acceptors (Lipinski definition) is 6. The highest BCUT2D eigenvalue weighted by Gasteiger charge is 2.15. The quantitative estimate of drug-likeness (QED) is 0.556. The van der Waals surface area contributed by atoms with Crippen LogP contribution < -0.4 is 5.73 Å². The number of hydrogen-bond donors (Lipinski definition) is 1. The predicted octanol–water partition coefficient (Wildman–Crippen LogP) is 3.98. The van der Waals surface area contributed by atoms with Crippen molar-refractivity contribution in [1.29, 1.82) is 0 Å². The molecule has 24 heavy (non-hydrogen) atoms. The lowest BCUT2D eigenvalue weighted by Crippen LogP contribution is -2.08. The standard InChI is InChI=1S/C16H11Cl2N3O3/c17-10-3-1-2-9(6-10)15-20-14(24-21-15)8-23-16(22)12-5-4-11(18)7-13(12)19/h1-7H,8,19H2. The molecule has 0 atom stereocenters. The molecule has 1 aromatic heterocycles. The van der Waals surface area contributed by atoms with Gasteiger partial charge < -0.3 is 15.0 Å². The molecule has 2 N–H and O–H groups in total. The number of esters is 1. The van der Waals surface area contributed by atoms with E-state index in [1.807, 2.05) is 0 Å². The first-order chi connectivity index (χ1) is 11.5. The summed E-state index contributed by atoms with van der Waals surface area (Å²) < 4.78 is 10.2. The van der Waals surface area contributed by atoms with Gasteiger partial charge in [0.1, 0.15) is 0 Å². The Balaban J connectivity index is 1.68. The number of nitrogens with two attached hydrogens (primary N) is 1. The fourth-order valence-corrected chi connectivity index (χ4v) is 2.35. The molecule has 0 aliphatic carbocycles. The molecule has 3 rings (SSSR count). The van der Waals surface area contributed by atoms with Crippen LogP contribution in [0.15, 0.2) is 47.0 Å². The SMILES string of the molecule is Nc1cc(Cl)ccc1C(=O)OCc1nc(-c2cccc(Cl)c2)no1. The van der Waals surface area contributed by atoms with Crippen LogP contribution in [-0.2, 0) is 11.3 Å². The van der Waals surface area contributed by atoms with Gasteiger partial charge in [-0.05, 0) is 30.3 Å². The summed E-state index contributed by atoms with van der Waals surface area (Å²) >= 11 is 11.7. The van der Waals surface area contributed by atoms with Gasteiger partial charge in [0.05, 0.1) is 5.56 Å². The molecule has 1 heterocycles. The second-order valence-electron chi connectivity index (χ2n) is 4.83. The molecule has 122 valence electrons. The number of aromatic nitrogens is 2. The van der Waals surface area contributed by atoms with E-state index < -0.39 is 5.97 Å². The number of nitrogen functional groups attached to an aromatic ring is 1. The van der Waals surface area contributed by atoms with Gasteiger partial charge >= 0.3 is 5.97 Å². The summed E-state index contributed by atoms with van der Waals surface area (Å²) in [6.45, 7) is -0.172. The highest BCUT2D eigenvalue weighted by Crippen LogP contribution is 2.21. The van der Waals surface area contributed by atoms with Crippen LogP contribution in [-0.4, -0.2) is 16.1 Å². The van der Waals surface area contributed by atoms with E-state index >= 15 is 0 Å². The lowest BCUT2D eigenvalue weighted by Gasteiger charge is -2.05. The average molecular weight is 364 g/mol. The summed E-state index contributed by atoms with van der Waals surface area (Å²) in [6, 6.07) is 11.5. The third kappa shape index (κ3) is 3.67. The number of halogens is 2. The molecule has 6 nitrogen and oxygen atoms in total. The van der Waals surface area contributed by atoms with Crippen molar-refractivity contribution in [3.8, 4) is 11.4 Å². The first-order valence-corrected chi connectivity index (χ1v) is 7.59. The van der Waals surface area contributed by atoms with Crippen LogP contribution in [0.1, 0.15) is 16.2 Å². The topological polar surface area (TPSA) is 91.2 Å². The second kappa shape index (κ2) is 6.90. The highest BCUT2D eigenvalue weighted by molar-refractivity contribution is 6.31. The molecule has 0 fully saturated rings. The largest absolute Gasteiger partial charge is 0.452 e. The maximum atomic E-state index is 12.0. The van der Waals surface area contributed by atoms with Crippen LogP contribution in [0.3, 0.4) is 0 Å². The zero-order valence-electron chi connectivity index (χ0n) is 12.2. The molecule has 0 radical (unpaired) electrons. The Morgan fingerprint density at radius 1 is 1.17 bits per heavy atom. The zero-order chi connectivity index (χ0) is 17.1. The van der Waals surface area contributed by atoms with E-state index in [0.717, 1.165) is 0 Å². The van der Waals surface area contributed by atoms with Crippen LogP contribution in [0.25, 0.3) is 11.4 Å². The molecule has 0 bridgehead atoms. The summed E-state index contributed by atoms with van der Waals surface area (Å²) in [5.41, 5.74) is 6.89. The summed E-state index contributed by atoms with van der Waals surface area (Å²) in [6.07, 6.45) is 0. The molecule has 0 saturated heterocycles. The van der Waals surface area contributed by atoms with Crippen LogP contribution in [0, 0.1) is 0 Å². The Morgan fingerprint density at radius 2 is 1.96 bits per heavy atom. The first kappa shape index (κ1) is 16.3. The van der Waals surface area contributed by atoms with E-state index in [1.54, 1.807) is 30.3 Å². The molecule has 0 saturated carbocycles. The van der Waals surface area contributed by atoms with Gasteiger partial charge in [0, 0.05) is 21.3 Å². The monoisotopic (exact) mass is 363 g/mol. The van der Waals surface area contributed by atoms with Gasteiger partial charge in [0.2, 0.25) is 5.82 Å². The summed E-state index contributed by atoms with van der Waals surface area (Å²) in [5, 5.41) is 4.83. The van der Waals surface area contributed by atoms with Crippen molar-refractivity contribution < 1.29 is 14.1 Å². The van der Waals surface area contributed by atoms with E-state index in [0.29, 0.717) is 21.4 Å². The summed E-state index contributed by atoms with van der Waals surface area (Å²) in [5.74, 6) is -0.0907. The number of anilines is 1. The van der Waals surface area contributed by atoms with E-state index in [9.17, 15) is 4.79 Å². The van der Waals surface area contributed by atoms with Gasteiger partial charge in [-0.3, -0.25) is 0 Å². The molecule has 0 amide bonds. The van der Waals surface area contributed by atoms with Gasteiger partial charge in [-0.15, -0.1) is 0 Å². The molecular formula is C16H11Cl2N3O3. The predicted molar refractivity (Wildman–Crippen MR) is 89.7 cm³/mol. The minimum atomic E-state index is -0.605. The average Bonchev–Trinajstić information content (AvgIpc) is 3.01. The maximum absolute atomic E-state index is 12.0. The lowest BCUT2D eigenvalue weighted by molar-refractivity contribution is 0.0431. The minimum absolute atomic E-state index is 0.158. The normalized spacial score (nSPS) is 10.6. The maximum Gasteiger partial charge on any atom is 0.340 e. The van der Waals surface area contributed by atoms with Gasteiger partial charge in [0.25, 0.3) is 5.89 Å². The highest BCUT2D eigenvalue weighted by atomic mass is 35.5. The molecule has 0 aliphatic heterocycles. The zero-order valence-corrected chi connectivity index (χ0v) is 13.7. The molecule has 0 spiro atoms. The van der Waals surface area contributed by atoms with Gasteiger partial charge in [-0.2, -0.15) is 4.98 Å². The molecule has 2 aromatic carbocycles. The van der Waals surface area contributed by atoms with Crippen LogP contribution in [0.4, 0.5) is 5.69 Å². The first-order valence-electron chi connectivity index (χ1n) is 6.83. The van der Waals surface area contributed by atoms with Crippen molar-refractivity contribution in [2.24, 2.45) is 0 Å². The fourth-order valence-electron chi connectivity index (χ4n) is 1.98. The lowest BCUT2D eigenvalue weighted by atomic mass is 10.2. The van der Waals surface area contributed by atoms with E-state index in [4.69, 9.17) is 38.2 Å². The summed E-state index contributed by atoms with van der Waals surface area (Å²) in [7, 11) is 0. The molecule has 8 heteroatoms. The van der Waals surface area contributed by atoms with Crippen LogP contribution >= 0.6 is 23.2 Å². The molecule has 0 unspecified atom stereocenters. The number of nitrogens with zero attached hydrogens (tertiary/aromatic N) is 2. The van der Waals surface area contributed by atoms with E-state index in [-0.39, 0.29) is 23.7 Å². The van der Waals surface area contributed by atoms with Crippen molar-refractivity contribution >= 4 is 34.9 Å². The Hall–Kier alpha value is -2.57. The van der Waals surface area contributed by atoms with E-state index in [1.165, 1.54) is 12.1 Å². The summed E-state index contributed by atoms with van der Waals surface area (Å²) in [4.78, 5) is 16.2. The second-order valence-corrected chi connectivity index (χ2v) is 5.70. The Morgan fingerprint density at radius 3 is 2.71 bits per heavy atom. The van der Waals surface area contributed by atoms with Gasteiger partial charge in [-0.25, -0.2) is 4.79 Å². The third-order valence-electron chi connectivity index (χ3n) is 3.11. The fraction of sp³-hybridized carbons (Fsp3) is 0.0625.